The Hall–Kier alpha value is -1.64. The highest BCUT2D eigenvalue weighted by molar-refractivity contribution is 7.99. The molecule has 0 spiro atoms. The Bertz CT molecular complexity index is 659. The largest absolute Gasteiger partial charge is 0.398 e. The second kappa shape index (κ2) is 4.92. The van der Waals surface area contributed by atoms with E-state index in [1.807, 2.05) is 0 Å². The monoisotopic (exact) mass is 282 g/mol. The van der Waals surface area contributed by atoms with E-state index in [4.69, 9.17) is 10.9 Å². The average Bonchev–Trinajstić information content (AvgIpc) is 2.28. The molecule has 0 radical (unpaired) electrons. The predicted molar refractivity (Wildman–Crippen MR) is 68.4 cm³/mol. The van der Waals surface area contributed by atoms with Crippen molar-refractivity contribution >= 4 is 27.5 Å². The van der Waals surface area contributed by atoms with Gasteiger partial charge in [0.2, 0.25) is 10.0 Å². The summed E-state index contributed by atoms with van der Waals surface area (Å²) >= 11 is 1.35. The zero-order chi connectivity index (χ0) is 13.2. The molecular formula is C10H10N4O2S2. The van der Waals surface area contributed by atoms with Crippen LogP contribution in [0.25, 0.3) is 0 Å². The molecule has 94 valence electrons. The van der Waals surface area contributed by atoms with Gasteiger partial charge in [0, 0.05) is 11.1 Å². The van der Waals surface area contributed by atoms with Crippen LogP contribution in [0.15, 0.2) is 51.6 Å². The average molecular weight is 282 g/mol. The zero-order valence-corrected chi connectivity index (χ0v) is 10.8. The summed E-state index contributed by atoms with van der Waals surface area (Å²) < 4.78 is 22.4. The zero-order valence-electron chi connectivity index (χ0n) is 9.15. The number of nitrogen functional groups attached to an aromatic ring is 1. The van der Waals surface area contributed by atoms with Crippen molar-refractivity contribution in [3.8, 4) is 0 Å². The second-order valence-electron chi connectivity index (χ2n) is 3.39. The highest BCUT2D eigenvalue weighted by atomic mass is 32.2. The number of benzene rings is 1. The summed E-state index contributed by atoms with van der Waals surface area (Å²) in [6, 6.07) is 6.30. The van der Waals surface area contributed by atoms with Crippen molar-refractivity contribution in [2.24, 2.45) is 5.14 Å². The molecule has 0 amide bonds. The van der Waals surface area contributed by atoms with E-state index in [2.05, 4.69) is 9.97 Å². The lowest BCUT2D eigenvalue weighted by Crippen LogP contribution is -2.14. The molecule has 1 aromatic heterocycles. The van der Waals surface area contributed by atoms with Gasteiger partial charge in [-0.25, -0.2) is 23.5 Å². The van der Waals surface area contributed by atoms with Crippen molar-refractivity contribution in [3.05, 3.63) is 36.8 Å². The Morgan fingerprint density at radius 3 is 2.56 bits per heavy atom. The maximum absolute atomic E-state index is 11.2. The molecule has 0 aliphatic rings. The molecule has 4 N–H and O–H groups in total. The fourth-order valence-electron chi connectivity index (χ4n) is 1.31. The highest BCUT2D eigenvalue weighted by Gasteiger charge is 2.12. The first-order valence-electron chi connectivity index (χ1n) is 4.83. The van der Waals surface area contributed by atoms with Crippen molar-refractivity contribution in [1.29, 1.82) is 0 Å². The van der Waals surface area contributed by atoms with Gasteiger partial charge in [-0.1, -0.05) is 11.8 Å². The molecular weight excluding hydrogens is 272 g/mol. The molecule has 0 aliphatic heterocycles. The Morgan fingerprint density at radius 1 is 1.22 bits per heavy atom. The number of primary sulfonamides is 1. The number of aromatic nitrogens is 2. The van der Waals surface area contributed by atoms with E-state index in [0.717, 1.165) is 9.92 Å². The van der Waals surface area contributed by atoms with Crippen LogP contribution in [-0.2, 0) is 10.0 Å². The van der Waals surface area contributed by atoms with Gasteiger partial charge in [-0.05, 0) is 24.3 Å². The lowest BCUT2D eigenvalue weighted by molar-refractivity contribution is 0.598. The normalized spacial score (nSPS) is 11.4. The summed E-state index contributed by atoms with van der Waals surface area (Å²) in [4.78, 5) is 8.55. The molecule has 0 atom stereocenters. The van der Waals surface area contributed by atoms with Crippen LogP contribution in [0.1, 0.15) is 0 Å². The lowest BCUT2D eigenvalue weighted by atomic mass is 10.3. The molecule has 0 unspecified atom stereocenters. The third kappa shape index (κ3) is 2.97. The van der Waals surface area contributed by atoms with E-state index in [-0.39, 0.29) is 10.6 Å². The second-order valence-corrected chi connectivity index (χ2v) is 6.02. The third-order valence-corrected chi connectivity index (χ3v) is 3.99. The standard InChI is InChI=1S/C10H10N4O2S2/c11-8-5-7(1-2-9(8)18(12,15)16)17-10-3-4-13-6-14-10/h1-6H,11H2,(H2,12,15,16). The summed E-state index contributed by atoms with van der Waals surface area (Å²) in [7, 11) is -3.78. The van der Waals surface area contributed by atoms with Crippen molar-refractivity contribution in [2.45, 2.75) is 14.8 Å². The summed E-state index contributed by atoms with van der Waals surface area (Å²) in [5, 5.41) is 5.77. The molecule has 2 aromatic rings. The highest BCUT2D eigenvalue weighted by Crippen LogP contribution is 2.29. The predicted octanol–water partition coefficient (Wildman–Crippen LogP) is 0.857. The van der Waals surface area contributed by atoms with Gasteiger partial charge in [0.25, 0.3) is 0 Å². The Kier molecular flexibility index (Phi) is 3.50. The van der Waals surface area contributed by atoms with E-state index >= 15 is 0 Å². The minimum absolute atomic E-state index is 0.0745. The SMILES string of the molecule is Nc1cc(Sc2ccncn2)ccc1S(N)(=O)=O. The van der Waals surface area contributed by atoms with Gasteiger partial charge in [-0.3, -0.25) is 0 Å². The van der Waals surface area contributed by atoms with Crippen LogP contribution in [0.2, 0.25) is 0 Å². The van der Waals surface area contributed by atoms with Crippen molar-refractivity contribution in [1.82, 2.24) is 9.97 Å². The third-order valence-electron chi connectivity index (χ3n) is 2.07. The van der Waals surface area contributed by atoms with E-state index in [9.17, 15) is 8.42 Å². The molecule has 0 fully saturated rings. The number of sulfonamides is 1. The molecule has 1 heterocycles. The van der Waals surface area contributed by atoms with Gasteiger partial charge >= 0.3 is 0 Å². The van der Waals surface area contributed by atoms with Crippen LogP contribution >= 0.6 is 11.8 Å². The van der Waals surface area contributed by atoms with Gasteiger partial charge in [-0.2, -0.15) is 0 Å². The van der Waals surface area contributed by atoms with Crippen LogP contribution in [0.4, 0.5) is 5.69 Å². The number of anilines is 1. The van der Waals surface area contributed by atoms with Crippen LogP contribution in [-0.4, -0.2) is 18.4 Å². The first-order chi connectivity index (χ1) is 8.47. The number of nitrogens with zero attached hydrogens (tertiary/aromatic N) is 2. The molecule has 1 aromatic carbocycles. The molecule has 0 saturated heterocycles. The van der Waals surface area contributed by atoms with Crippen molar-refractivity contribution in [2.75, 3.05) is 5.73 Å². The number of nitrogens with two attached hydrogens (primary N) is 2. The summed E-state index contributed by atoms with van der Waals surface area (Å²) in [5.41, 5.74) is 5.78. The molecule has 0 saturated carbocycles. The smallest absolute Gasteiger partial charge is 0.240 e. The topological polar surface area (TPSA) is 112 Å². The Labute approximate surface area is 108 Å². The van der Waals surface area contributed by atoms with Crippen LogP contribution in [0, 0.1) is 0 Å². The van der Waals surface area contributed by atoms with Crippen LogP contribution in [0.5, 0.6) is 0 Å². The van der Waals surface area contributed by atoms with Crippen LogP contribution in [0.3, 0.4) is 0 Å². The maximum Gasteiger partial charge on any atom is 0.240 e. The summed E-state index contributed by atoms with van der Waals surface area (Å²) in [6.07, 6.45) is 3.06. The minimum Gasteiger partial charge on any atom is -0.398 e. The lowest BCUT2D eigenvalue weighted by Gasteiger charge is -2.05. The van der Waals surface area contributed by atoms with Gasteiger partial charge in [0.1, 0.15) is 16.2 Å². The quantitative estimate of drug-likeness (QED) is 0.637. The molecule has 6 nitrogen and oxygen atoms in total. The number of rotatable bonds is 3. The first kappa shape index (κ1) is 12.8. The molecule has 8 heteroatoms. The van der Waals surface area contributed by atoms with Crippen molar-refractivity contribution in [3.63, 3.8) is 0 Å². The van der Waals surface area contributed by atoms with Gasteiger partial charge in [0.15, 0.2) is 0 Å². The van der Waals surface area contributed by atoms with E-state index in [1.165, 1.54) is 24.2 Å². The van der Waals surface area contributed by atoms with Gasteiger partial charge in [-0.15, -0.1) is 0 Å². The first-order valence-corrected chi connectivity index (χ1v) is 7.19. The number of hydrogen-bond donors (Lipinski definition) is 2. The Balaban J connectivity index is 2.30. The number of hydrogen-bond acceptors (Lipinski definition) is 6. The fraction of sp³-hybridized carbons (Fsp3) is 0. The molecule has 0 aliphatic carbocycles. The summed E-state index contributed by atoms with van der Waals surface area (Å²) in [5.74, 6) is 0. The van der Waals surface area contributed by atoms with Crippen molar-refractivity contribution < 1.29 is 8.42 Å². The van der Waals surface area contributed by atoms with Gasteiger partial charge in [0.05, 0.1) is 5.69 Å². The Morgan fingerprint density at radius 2 is 2.00 bits per heavy atom. The molecule has 2 rings (SSSR count). The molecule has 0 bridgehead atoms. The van der Waals surface area contributed by atoms with E-state index in [1.54, 1.807) is 24.4 Å². The van der Waals surface area contributed by atoms with Crippen LogP contribution < -0.4 is 10.9 Å². The molecule has 18 heavy (non-hydrogen) atoms. The minimum atomic E-state index is -3.78. The summed E-state index contributed by atoms with van der Waals surface area (Å²) in [6.45, 7) is 0. The maximum atomic E-state index is 11.2. The fourth-order valence-corrected chi connectivity index (χ4v) is 2.75. The van der Waals surface area contributed by atoms with E-state index < -0.39 is 10.0 Å². The van der Waals surface area contributed by atoms with E-state index in [0.29, 0.717) is 0 Å². The van der Waals surface area contributed by atoms with Gasteiger partial charge < -0.3 is 5.73 Å².